The van der Waals surface area contributed by atoms with Crippen LogP contribution in [0.2, 0.25) is 0 Å². The maximum atomic E-state index is 14.1. The van der Waals surface area contributed by atoms with Gasteiger partial charge in [0, 0.05) is 30.3 Å². The molecule has 4 rings (SSSR count). The van der Waals surface area contributed by atoms with Crippen molar-refractivity contribution in [1.82, 2.24) is 24.5 Å². The van der Waals surface area contributed by atoms with Crippen LogP contribution in [-0.4, -0.2) is 24.5 Å². The first-order chi connectivity index (χ1) is 13.1. The van der Waals surface area contributed by atoms with E-state index in [1.54, 1.807) is 12.4 Å². The van der Waals surface area contributed by atoms with Gasteiger partial charge in [0.1, 0.15) is 5.82 Å². The fourth-order valence-electron chi connectivity index (χ4n) is 3.23. The molecule has 8 heteroatoms. The number of imidazole rings is 1. The summed E-state index contributed by atoms with van der Waals surface area (Å²) in [6, 6.07) is 3.92. The zero-order chi connectivity index (χ0) is 19.0. The second kappa shape index (κ2) is 6.86. The number of nitrogens with one attached hydrogen (secondary N) is 1. The van der Waals surface area contributed by atoms with Gasteiger partial charge in [0.25, 0.3) is 0 Å². The van der Waals surface area contributed by atoms with Crippen molar-refractivity contribution < 1.29 is 8.78 Å². The summed E-state index contributed by atoms with van der Waals surface area (Å²) in [6.07, 6.45) is 5.83. The Labute approximate surface area is 152 Å². The van der Waals surface area contributed by atoms with Crippen molar-refractivity contribution >= 4 is 22.2 Å². The molecule has 3 heterocycles. The topological polar surface area (TPSA) is 76.5 Å². The van der Waals surface area contributed by atoms with E-state index >= 15 is 0 Å². The van der Waals surface area contributed by atoms with Gasteiger partial charge in [0.2, 0.25) is 5.56 Å². The van der Waals surface area contributed by atoms with Crippen LogP contribution in [0.3, 0.4) is 0 Å². The van der Waals surface area contributed by atoms with Crippen molar-refractivity contribution in [2.45, 2.75) is 32.7 Å². The highest BCUT2D eigenvalue weighted by atomic mass is 19.2. The molecule has 0 aliphatic rings. The van der Waals surface area contributed by atoms with Gasteiger partial charge in [0.15, 0.2) is 22.9 Å². The molecule has 0 spiro atoms. The Morgan fingerprint density at radius 2 is 2.00 bits per heavy atom. The molecule has 0 amide bonds. The summed E-state index contributed by atoms with van der Waals surface area (Å²) in [5.74, 6) is -1.26. The molecular weight excluding hydrogens is 352 g/mol. The van der Waals surface area contributed by atoms with Gasteiger partial charge in [-0.25, -0.2) is 23.7 Å². The highest BCUT2D eigenvalue weighted by Gasteiger charge is 2.16. The van der Waals surface area contributed by atoms with E-state index in [-0.39, 0.29) is 12.1 Å². The predicted molar refractivity (Wildman–Crippen MR) is 97.5 cm³/mol. The summed E-state index contributed by atoms with van der Waals surface area (Å²) in [4.78, 5) is 27.6. The normalized spacial score (nSPS) is 11.5. The lowest BCUT2D eigenvalue weighted by Gasteiger charge is -2.11. The molecule has 1 N–H and O–H groups in total. The van der Waals surface area contributed by atoms with Gasteiger partial charge in [-0.2, -0.15) is 0 Å². The van der Waals surface area contributed by atoms with Crippen LogP contribution in [0.5, 0.6) is 0 Å². The number of aryl methyl sites for hydroxylation is 1. The third kappa shape index (κ3) is 3.07. The molecule has 3 aromatic heterocycles. The van der Waals surface area contributed by atoms with E-state index in [9.17, 15) is 13.6 Å². The Bertz CT molecular complexity index is 1200. The van der Waals surface area contributed by atoms with Gasteiger partial charge in [-0.05, 0) is 24.1 Å². The summed E-state index contributed by atoms with van der Waals surface area (Å²) in [5, 5.41) is 0.445. The van der Waals surface area contributed by atoms with E-state index in [1.165, 1.54) is 12.1 Å². The molecule has 27 heavy (non-hydrogen) atoms. The highest BCUT2D eigenvalue weighted by molar-refractivity contribution is 5.82. The molecule has 0 fully saturated rings. The molecule has 0 radical (unpaired) electrons. The van der Waals surface area contributed by atoms with Crippen molar-refractivity contribution in [3.63, 3.8) is 0 Å². The number of nitrogens with zero attached hydrogens (tertiary/aromatic N) is 4. The molecule has 138 valence electrons. The first kappa shape index (κ1) is 17.3. The molecule has 0 unspecified atom stereocenters. The number of H-pyrrole nitrogens is 1. The maximum absolute atomic E-state index is 14.1. The van der Waals surface area contributed by atoms with Crippen LogP contribution in [0.25, 0.3) is 22.2 Å². The highest BCUT2D eigenvalue weighted by Crippen LogP contribution is 2.23. The Morgan fingerprint density at radius 3 is 2.81 bits per heavy atom. The molecular formula is C19H17F2N5O. The number of aromatic amines is 1. The number of rotatable bonds is 5. The number of unbranched alkanes of at least 4 members (excludes halogenated alkanes) is 1. The van der Waals surface area contributed by atoms with Crippen LogP contribution >= 0.6 is 0 Å². The third-order valence-corrected chi connectivity index (χ3v) is 4.54. The van der Waals surface area contributed by atoms with Gasteiger partial charge in [-0.15, -0.1) is 0 Å². The number of halogens is 2. The van der Waals surface area contributed by atoms with Crippen LogP contribution in [0.15, 0.2) is 35.4 Å². The molecule has 0 aliphatic carbocycles. The zero-order valence-corrected chi connectivity index (χ0v) is 14.7. The number of aromatic nitrogens is 5. The van der Waals surface area contributed by atoms with Crippen LogP contribution in [-0.2, 0) is 13.0 Å². The van der Waals surface area contributed by atoms with Crippen molar-refractivity contribution in [2.24, 2.45) is 0 Å². The van der Waals surface area contributed by atoms with E-state index in [0.717, 1.165) is 31.2 Å². The van der Waals surface area contributed by atoms with Crippen LogP contribution in [0.4, 0.5) is 8.78 Å². The molecule has 0 atom stereocenters. The Hall–Kier alpha value is -3.16. The predicted octanol–water partition coefficient (Wildman–Crippen LogP) is 3.34. The van der Waals surface area contributed by atoms with Crippen LogP contribution in [0, 0.1) is 11.6 Å². The number of benzene rings is 1. The Morgan fingerprint density at radius 1 is 1.19 bits per heavy atom. The molecule has 1 aromatic carbocycles. The fourth-order valence-corrected chi connectivity index (χ4v) is 3.23. The lowest BCUT2D eigenvalue weighted by Crippen LogP contribution is -2.12. The first-order valence-corrected chi connectivity index (χ1v) is 8.74. The number of pyridine rings is 1. The molecule has 6 nitrogen and oxygen atoms in total. The third-order valence-electron chi connectivity index (χ3n) is 4.54. The van der Waals surface area contributed by atoms with E-state index < -0.39 is 17.2 Å². The monoisotopic (exact) mass is 369 g/mol. The number of hydrogen-bond donors (Lipinski definition) is 1. The lowest BCUT2D eigenvalue weighted by molar-refractivity contribution is 0.515. The minimum atomic E-state index is -1.06. The summed E-state index contributed by atoms with van der Waals surface area (Å²) in [7, 11) is 0. The van der Waals surface area contributed by atoms with E-state index in [0.29, 0.717) is 22.2 Å². The van der Waals surface area contributed by atoms with Gasteiger partial charge >= 0.3 is 0 Å². The molecule has 4 aromatic rings. The summed E-state index contributed by atoms with van der Waals surface area (Å²) in [6.45, 7) is 2.35. The Balaban J connectivity index is 1.90. The smallest absolute Gasteiger partial charge is 0.248 e. The lowest BCUT2D eigenvalue weighted by atomic mass is 10.1. The molecule has 0 saturated carbocycles. The number of hydrogen-bond acceptors (Lipinski definition) is 4. The molecule has 0 aliphatic heterocycles. The second-order valence-corrected chi connectivity index (χ2v) is 6.36. The largest absolute Gasteiger partial charge is 0.319 e. The summed E-state index contributed by atoms with van der Waals surface area (Å²) >= 11 is 0. The van der Waals surface area contributed by atoms with Crippen molar-refractivity contribution in [3.8, 4) is 0 Å². The van der Waals surface area contributed by atoms with Crippen molar-refractivity contribution in [2.75, 3.05) is 0 Å². The summed E-state index contributed by atoms with van der Waals surface area (Å²) in [5.41, 5.74) is 1.06. The van der Waals surface area contributed by atoms with Crippen LogP contribution < -0.4 is 5.56 Å². The van der Waals surface area contributed by atoms with Crippen LogP contribution in [0.1, 0.15) is 31.2 Å². The maximum Gasteiger partial charge on any atom is 0.248 e. The van der Waals surface area contributed by atoms with Crippen molar-refractivity contribution in [3.05, 3.63) is 64.0 Å². The fraction of sp³-hybridized carbons (Fsp3) is 0.263. The van der Waals surface area contributed by atoms with Gasteiger partial charge in [0.05, 0.1) is 12.1 Å². The minimum Gasteiger partial charge on any atom is -0.319 e. The van der Waals surface area contributed by atoms with E-state index in [2.05, 4.69) is 26.9 Å². The standard InChI is InChI=1S/C19H17F2N5O/c1-2-3-4-14-24-18-19(23-8-7-22-18)26(14)10-11-9-15(27)25-17-12(11)5-6-13(20)16(17)21/h5-9H,2-4,10H2,1H3,(H,25,27). The van der Waals surface area contributed by atoms with Gasteiger partial charge < -0.3 is 9.55 Å². The average molecular weight is 369 g/mol. The SMILES string of the molecule is CCCCc1nc2nccnc2n1Cc1cc(=O)[nH]c2c(F)c(F)ccc12. The second-order valence-electron chi connectivity index (χ2n) is 6.36. The molecule has 0 saturated heterocycles. The quantitative estimate of drug-likeness (QED) is 0.585. The summed E-state index contributed by atoms with van der Waals surface area (Å²) < 4.78 is 29.6. The van der Waals surface area contributed by atoms with Gasteiger partial charge in [-0.3, -0.25) is 4.79 Å². The minimum absolute atomic E-state index is 0.136. The van der Waals surface area contributed by atoms with Gasteiger partial charge in [-0.1, -0.05) is 13.3 Å². The number of fused-ring (bicyclic) bond motifs is 2. The van der Waals surface area contributed by atoms with Crippen molar-refractivity contribution in [1.29, 1.82) is 0 Å². The van der Waals surface area contributed by atoms with E-state index in [1.807, 2.05) is 4.57 Å². The van der Waals surface area contributed by atoms with E-state index in [4.69, 9.17) is 0 Å². The first-order valence-electron chi connectivity index (χ1n) is 8.74. The average Bonchev–Trinajstić information content (AvgIpc) is 3.01. The zero-order valence-electron chi connectivity index (χ0n) is 14.7. The molecule has 0 bridgehead atoms. The Kier molecular flexibility index (Phi) is 4.39.